The molecule has 0 aromatic carbocycles. The van der Waals surface area contributed by atoms with Crippen LogP contribution in [0.2, 0.25) is 0 Å². The average molecular weight is 1190 g/mol. The van der Waals surface area contributed by atoms with Crippen molar-refractivity contribution in [3.05, 3.63) is 12.2 Å². The summed E-state index contributed by atoms with van der Waals surface area (Å²) in [5.74, 6) is -0.133. The molecule has 0 aromatic rings. The van der Waals surface area contributed by atoms with Crippen LogP contribution < -0.4 is 5.32 Å². The number of rotatable bonds is 68. The van der Waals surface area contributed by atoms with Gasteiger partial charge in [0.05, 0.1) is 25.4 Å². The minimum absolute atomic E-state index is 0.131. The maximum absolute atomic E-state index is 13.2. The molecule has 0 bridgehead atoms. The van der Waals surface area contributed by atoms with Gasteiger partial charge >= 0.3 is 0 Å². The summed E-state index contributed by atoms with van der Waals surface area (Å²) in [5, 5.41) is 55.0. The lowest BCUT2D eigenvalue weighted by Gasteiger charge is -2.40. The van der Waals surface area contributed by atoms with Crippen LogP contribution in [0.15, 0.2) is 12.2 Å². The van der Waals surface area contributed by atoms with Crippen molar-refractivity contribution < 1.29 is 39.8 Å². The van der Waals surface area contributed by atoms with E-state index < -0.39 is 49.5 Å². The zero-order chi connectivity index (χ0) is 60.7. The quantitative estimate of drug-likeness (QED) is 0.0261. The van der Waals surface area contributed by atoms with Gasteiger partial charge in [0, 0.05) is 6.42 Å². The van der Waals surface area contributed by atoms with Gasteiger partial charge in [0.1, 0.15) is 24.4 Å². The second kappa shape index (κ2) is 64.9. The van der Waals surface area contributed by atoms with E-state index >= 15 is 0 Å². The van der Waals surface area contributed by atoms with Gasteiger partial charge in [0.15, 0.2) is 6.29 Å². The van der Waals surface area contributed by atoms with Crippen molar-refractivity contribution >= 4 is 5.91 Å². The molecule has 1 heterocycles. The van der Waals surface area contributed by atoms with E-state index in [1.54, 1.807) is 0 Å². The third-order valence-electron chi connectivity index (χ3n) is 18.6. The highest BCUT2D eigenvalue weighted by Crippen LogP contribution is 2.24. The highest BCUT2D eigenvalue weighted by molar-refractivity contribution is 5.76. The maximum atomic E-state index is 13.2. The number of carbonyl (C=O) groups is 1. The molecule has 6 N–H and O–H groups in total. The molecule has 0 aliphatic carbocycles. The summed E-state index contributed by atoms with van der Waals surface area (Å²) in [7, 11) is 0. The van der Waals surface area contributed by atoms with Gasteiger partial charge in [-0.3, -0.25) is 4.79 Å². The molecule has 7 atom stereocenters. The van der Waals surface area contributed by atoms with Gasteiger partial charge < -0.3 is 40.3 Å². The fraction of sp³-hybridized carbons (Fsp3) is 0.960. The Bertz CT molecular complexity index is 1330. The third-order valence-corrected chi connectivity index (χ3v) is 18.6. The molecule has 1 fully saturated rings. The second-order valence-electron chi connectivity index (χ2n) is 26.8. The normalized spacial score (nSPS) is 18.1. The lowest BCUT2D eigenvalue weighted by atomic mass is 9.99. The summed E-state index contributed by atoms with van der Waals surface area (Å²) in [6, 6.07) is -0.717. The number of allylic oxidation sites excluding steroid dienone is 2. The molecule has 0 radical (unpaired) electrons. The minimum Gasteiger partial charge on any atom is -0.394 e. The predicted molar refractivity (Wildman–Crippen MR) is 360 cm³/mol. The molecule has 0 spiro atoms. The first-order valence-electron chi connectivity index (χ1n) is 37.9. The first kappa shape index (κ1) is 80.9. The van der Waals surface area contributed by atoms with Crippen molar-refractivity contribution in [1.29, 1.82) is 0 Å². The molecular weight excluding hydrogens is 1040 g/mol. The highest BCUT2D eigenvalue weighted by atomic mass is 16.7. The zero-order valence-corrected chi connectivity index (χ0v) is 56.2. The summed E-state index contributed by atoms with van der Waals surface area (Å²) >= 11 is 0. The van der Waals surface area contributed by atoms with Crippen LogP contribution >= 0.6 is 0 Å². The van der Waals surface area contributed by atoms with E-state index in [1.165, 1.54) is 340 Å². The number of hydrogen-bond donors (Lipinski definition) is 6. The van der Waals surface area contributed by atoms with Crippen LogP contribution in [-0.4, -0.2) is 87.5 Å². The van der Waals surface area contributed by atoms with Gasteiger partial charge in [0.2, 0.25) is 5.91 Å². The average Bonchev–Trinajstić information content (AvgIpc) is 3.70. The number of unbranched alkanes of at least 4 members (excludes halogenated alkanes) is 56. The Hall–Kier alpha value is -1.07. The zero-order valence-electron chi connectivity index (χ0n) is 56.2. The minimum atomic E-state index is -1.55. The first-order chi connectivity index (χ1) is 41.3. The van der Waals surface area contributed by atoms with E-state index in [2.05, 4.69) is 31.3 Å². The SMILES string of the molecule is CCCCCCCCCC/C=C\CCCCCCCCCCCCCCCCCCCCCCCCCC(=O)NC(COC1OC(CO)C(O)C(O)C1O)C(O)CCCCCCCCCCCCCCCCCCCCCCCCCCCC. The van der Waals surface area contributed by atoms with Crippen LogP contribution in [0.4, 0.5) is 0 Å². The summed E-state index contributed by atoms with van der Waals surface area (Å²) in [4.78, 5) is 13.2. The molecule has 1 saturated heterocycles. The van der Waals surface area contributed by atoms with Crippen LogP contribution in [0.25, 0.3) is 0 Å². The van der Waals surface area contributed by atoms with Crippen LogP contribution in [0, 0.1) is 0 Å². The number of ether oxygens (including phenoxy) is 2. The lowest BCUT2D eigenvalue weighted by molar-refractivity contribution is -0.302. The monoisotopic (exact) mass is 1190 g/mol. The maximum Gasteiger partial charge on any atom is 0.220 e. The van der Waals surface area contributed by atoms with E-state index in [1.807, 2.05) is 0 Å². The van der Waals surface area contributed by atoms with E-state index in [-0.39, 0.29) is 12.5 Å². The van der Waals surface area contributed by atoms with Crippen molar-refractivity contribution in [2.75, 3.05) is 13.2 Å². The van der Waals surface area contributed by atoms with Crippen molar-refractivity contribution in [2.24, 2.45) is 0 Å². The first-order valence-corrected chi connectivity index (χ1v) is 37.9. The number of aliphatic hydroxyl groups is 5. The van der Waals surface area contributed by atoms with E-state index in [0.29, 0.717) is 12.8 Å². The Morgan fingerprint density at radius 3 is 0.964 bits per heavy atom. The molecule has 500 valence electrons. The van der Waals surface area contributed by atoms with E-state index in [9.17, 15) is 30.3 Å². The van der Waals surface area contributed by atoms with Gasteiger partial charge in [0.25, 0.3) is 0 Å². The molecule has 9 heteroatoms. The standard InChI is InChI=1S/C75H147NO8/c1-3-5-7-9-11-13-15-17-19-21-23-25-27-29-31-32-33-34-35-36-37-38-39-41-43-45-47-49-51-53-55-57-59-61-63-65-71(79)76-68(67-83-75-74(82)73(81)72(80)70(66-77)84-75)69(78)64-62-60-58-56-54-52-50-48-46-44-42-40-30-28-26-24-22-20-18-16-14-12-10-8-6-4-2/h21,23,68-70,72-75,77-78,80-82H,3-20,22,24-67H2,1-2H3,(H,76,79)/b23-21-. The Balaban J connectivity index is 2.05. The Morgan fingerprint density at radius 2 is 0.667 bits per heavy atom. The van der Waals surface area contributed by atoms with Crippen molar-refractivity contribution in [2.45, 2.75) is 448 Å². The highest BCUT2D eigenvalue weighted by Gasteiger charge is 2.44. The molecular formula is C75H147NO8. The van der Waals surface area contributed by atoms with Gasteiger partial charge in [-0.15, -0.1) is 0 Å². The molecule has 1 rings (SSSR count). The molecule has 7 unspecified atom stereocenters. The number of aliphatic hydroxyl groups excluding tert-OH is 5. The Labute approximate surface area is 522 Å². The molecule has 84 heavy (non-hydrogen) atoms. The Morgan fingerprint density at radius 1 is 0.393 bits per heavy atom. The smallest absolute Gasteiger partial charge is 0.220 e. The fourth-order valence-electron chi connectivity index (χ4n) is 12.7. The number of hydrogen-bond acceptors (Lipinski definition) is 8. The van der Waals surface area contributed by atoms with Crippen LogP contribution in [0.3, 0.4) is 0 Å². The summed E-state index contributed by atoms with van der Waals surface area (Å²) in [6.45, 7) is 3.91. The van der Waals surface area contributed by atoms with Crippen LogP contribution in [-0.2, 0) is 14.3 Å². The predicted octanol–water partition coefficient (Wildman–Crippen LogP) is 21.0. The largest absolute Gasteiger partial charge is 0.394 e. The van der Waals surface area contributed by atoms with Crippen LogP contribution in [0.1, 0.15) is 406 Å². The molecule has 0 aromatic heterocycles. The van der Waals surface area contributed by atoms with Crippen molar-refractivity contribution in [1.82, 2.24) is 5.32 Å². The summed E-state index contributed by atoms with van der Waals surface area (Å²) < 4.78 is 11.4. The molecule has 0 saturated carbocycles. The molecule has 1 aliphatic heterocycles. The topological polar surface area (TPSA) is 149 Å². The second-order valence-corrected chi connectivity index (χ2v) is 26.8. The molecule has 1 amide bonds. The number of nitrogens with one attached hydrogen (secondary N) is 1. The van der Waals surface area contributed by atoms with Crippen molar-refractivity contribution in [3.8, 4) is 0 Å². The molecule has 9 nitrogen and oxygen atoms in total. The van der Waals surface area contributed by atoms with Gasteiger partial charge in [-0.25, -0.2) is 0 Å². The summed E-state index contributed by atoms with van der Waals surface area (Å²) in [5.41, 5.74) is 0. The third kappa shape index (κ3) is 52.8. The Kier molecular flexibility index (Phi) is 62.5. The van der Waals surface area contributed by atoms with Crippen LogP contribution in [0.5, 0.6) is 0 Å². The van der Waals surface area contributed by atoms with Crippen molar-refractivity contribution in [3.63, 3.8) is 0 Å². The summed E-state index contributed by atoms with van der Waals surface area (Å²) in [6.07, 6.45) is 77.4. The van der Waals surface area contributed by atoms with Gasteiger partial charge in [-0.1, -0.05) is 373 Å². The van der Waals surface area contributed by atoms with Gasteiger partial charge in [-0.2, -0.15) is 0 Å². The number of carbonyl (C=O) groups excluding carboxylic acids is 1. The number of amides is 1. The lowest BCUT2D eigenvalue weighted by Crippen LogP contribution is -2.60. The fourth-order valence-corrected chi connectivity index (χ4v) is 12.7. The van der Waals surface area contributed by atoms with E-state index in [0.717, 1.165) is 38.5 Å². The molecule has 1 aliphatic rings. The van der Waals surface area contributed by atoms with E-state index in [4.69, 9.17) is 9.47 Å². The van der Waals surface area contributed by atoms with Gasteiger partial charge in [-0.05, 0) is 38.5 Å².